The van der Waals surface area contributed by atoms with Crippen molar-refractivity contribution in [1.82, 2.24) is 10.2 Å². The molecule has 2 atom stereocenters. The molecule has 0 bridgehead atoms. The van der Waals surface area contributed by atoms with Crippen LogP contribution < -0.4 is 10.2 Å². The van der Waals surface area contributed by atoms with Gasteiger partial charge < -0.3 is 20.2 Å². The van der Waals surface area contributed by atoms with Gasteiger partial charge in [0.1, 0.15) is 6.23 Å². The average Bonchev–Trinajstić information content (AvgIpc) is 3.00. The van der Waals surface area contributed by atoms with Gasteiger partial charge in [0, 0.05) is 49.1 Å². The van der Waals surface area contributed by atoms with Crippen molar-refractivity contribution < 1.29 is 9.90 Å². The number of nitrogens with zero attached hydrogens (tertiary/aromatic N) is 2. The minimum Gasteiger partial charge on any atom is -0.373 e. The van der Waals surface area contributed by atoms with Gasteiger partial charge in [-0.3, -0.25) is 4.79 Å². The molecule has 1 aromatic carbocycles. The molecule has 3 saturated heterocycles. The maximum Gasteiger partial charge on any atom is 0.222 e. The number of aliphatic hydroxyl groups is 1. The maximum absolute atomic E-state index is 11.3. The van der Waals surface area contributed by atoms with Crippen LogP contribution in [0.25, 0.3) is 0 Å². The summed E-state index contributed by atoms with van der Waals surface area (Å²) in [6, 6.07) is 9.21. The predicted molar refractivity (Wildman–Crippen MR) is 98.5 cm³/mol. The Labute approximate surface area is 150 Å². The molecule has 3 aliphatic heterocycles. The van der Waals surface area contributed by atoms with Gasteiger partial charge in [0.25, 0.3) is 0 Å². The van der Waals surface area contributed by atoms with E-state index < -0.39 is 6.23 Å². The number of benzene rings is 1. The molecule has 0 aromatic heterocycles. The summed E-state index contributed by atoms with van der Waals surface area (Å²) in [5.74, 6) is -0.0535. The fourth-order valence-corrected chi connectivity index (χ4v) is 4.68. The first-order chi connectivity index (χ1) is 12.0. The Balaban J connectivity index is 1.37. The Morgan fingerprint density at radius 2 is 1.92 bits per heavy atom. The summed E-state index contributed by atoms with van der Waals surface area (Å²) >= 11 is 0. The highest BCUT2D eigenvalue weighted by Crippen LogP contribution is 2.42. The van der Waals surface area contributed by atoms with Gasteiger partial charge in [-0.1, -0.05) is 12.1 Å². The van der Waals surface area contributed by atoms with E-state index in [2.05, 4.69) is 53.2 Å². The van der Waals surface area contributed by atoms with Crippen molar-refractivity contribution in [3.05, 3.63) is 29.8 Å². The Hall–Kier alpha value is -1.59. The van der Waals surface area contributed by atoms with Crippen molar-refractivity contribution in [2.75, 3.05) is 31.1 Å². The summed E-state index contributed by atoms with van der Waals surface area (Å²) in [5.41, 5.74) is 2.87. The molecule has 136 valence electrons. The molecule has 1 spiro atoms. The smallest absolute Gasteiger partial charge is 0.222 e. The molecule has 4 rings (SSSR count). The number of hydrogen-bond acceptors (Lipinski definition) is 4. The van der Waals surface area contributed by atoms with Crippen LogP contribution in [-0.2, 0) is 4.79 Å². The highest BCUT2D eigenvalue weighted by Gasteiger charge is 2.47. The Morgan fingerprint density at radius 3 is 2.52 bits per heavy atom. The quantitative estimate of drug-likeness (QED) is 0.880. The van der Waals surface area contributed by atoms with Crippen LogP contribution in [0.3, 0.4) is 0 Å². The zero-order valence-corrected chi connectivity index (χ0v) is 15.2. The molecule has 2 unspecified atom stereocenters. The normalized spacial score (nSPS) is 29.1. The number of carbonyl (C=O) groups is 1. The third kappa shape index (κ3) is 3.15. The van der Waals surface area contributed by atoms with Gasteiger partial charge in [-0.2, -0.15) is 0 Å². The maximum atomic E-state index is 11.3. The largest absolute Gasteiger partial charge is 0.373 e. The van der Waals surface area contributed by atoms with Crippen molar-refractivity contribution in [2.24, 2.45) is 5.41 Å². The molecule has 5 heteroatoms. The summed E-state index contributed by atoms with van der Waals surface area (Å²) in [5, 5.41) is 12.7. The number of aliphatic hydroxyl groups excluding tert-OH is 1. The Bertz CT molecular complexity index is 637. The second-order valence-electron chi connectivity index (χ2n) is 8.42. The van der Waals surface area contributed by atoms with Crippen LogP contribution in [-0.4, -0.2) is 54.4 Å². The molecule has 5 nitrogen and oxygen atoms in total. The van der Waals surface area contributed by atoms with Crippen LogP contribution in [0.5, 0.6) is 0 Å². The highest BCUT2D eigenvalue weighted by molar-refractivity contribution is 5.77. The molecule has 3 aliphatic rings. The fourth-order valence-electron chi connectivity index (χ4n) is 4.68. The van der Waals surface area contributed by atoms with Crippen LogP contribution in [0.1, 0.15) is 44.6 Å². The SMILES string of the molecule is CC(C)N1CCC2(CN(c3ccc(C4CCC(=O)NC4O)cc3)C2)C1. The average molecular weight is 343 g/mol. The molecular weight excluding hydrogens is 314 g/mol. The number of amides is 1. The van der Waals surface area contributed by atoms with Gasteiger partial charge in [0.15, 0.2) is 0 Å². The monoisotopic (exact) mass is 343 g/mol. The van der Waals surface area contributed by atoms with Crippen molar-refractivity contribution in [3.8, 4) is 0 Å². The lowest BCUT2D eigenvalue weighted by molar-refractivity contribution is -0.127. The van der Waals surface area contributed by atoms with Crippen molar-refractivity contribution in [1.29, 1.82) is 0 Å². The van der Waals surface area contributed by atoms with E-state index in [1.54, 1.807) is 0 Å². The van der Waals surface area contributed by atoms with E-state index in [0.29, 0.717) is 24.3 Å². The van der Waals surface area contributed by atoms with Crippen LogP contribution in [0, 0.1) is 5.41 Å². The van der Waals surface area contributed by atoms with Gasteiger partial charge in [0.05, 0.1) is 0 Å². The Morgan fingerprint density at radius 1 is 1.20 bits per heavy atom. The minimum atomic E-state index is -0.764. The van der Waals surface area contributed by atoms with Crippen molar-refractivity contribution in [2.45, 2.75) is 51.3 Å². The molecule has 0 aliphatic carbocycles. The number of rotatable bonds is 3. The van der Waals surface area contributed by atoms with E-state index in [-0.39, 0.29) is 11.8 Å². The predicted octanol–water partition coefficient (Wildman–Crippen LogP) is 1.92. The lowest BCUT2D eigenvalue weighted by Gasteiger charge is -2.50. The molecule has 1 amide bonds. The summed E-state index contributed by atoms with van der Waals surface area (Å²) < 4.78 is 0. The molecule has 0 saturated carbocycles. The molecule has 1 aromatic rings. The minimum absolute atomic E-state index is 0.00362. The first-order valence-electron chi connectivity index (χ1n) is 9.52. The van der Waals surface area contributed by atoms with Gasteiger partial charge >= 0.3 is 0 Å². The van der Waals surface area contributed by atoms with Crippen LogP contribution in [0.2, 0.25) is 0 Å². The number of carbonyl (C=O) groups excluding carboxylic acids is 1. The summed E-state index contributed by atoms with van der Waals surface area (Å²) in [6.07, 6.45) is 1.75. The van der Waals surface area contributed by atoms with E-state index in [1.165, 1.54) is 25.2 Å². The first kappa shape index (κ1) is 16.9. The molecule has 2 N–H and O–H groups in total. The van der Waals surface area contributed by atoms with Gasteiger partial charge in [-0.05, 0) is 50.9 Å². The second kappa shape index (κ2) is 6.29. The van der Waals surface area contributed by atoms with E-state index in [4.69, 9.17) is 0 Å². The Kier molecular flexibility index (Phi) is 4.24. The van der Waals surface area contributed by atoms with E-state index >= 15 is 0 Å². The number of hydrogen-bond donors (Lipinski definition) is 2. The number of likely N-dealkylation sites (tertiary alicyclic amines) is 1. The molecule has 3 fully saturated rings. The lowest BCUT2D eigenvalue weighted by Crippen LogP contribution is -2.58. The lowest BCUT2D eigenvalue weighted by atomic mass is 9.78. The fraction of sp³-hybridized carbons (Fsp3) is 0.650. The third-order valence-corrected chi connectivity index (χ3v) is 6.31. The highest BCUT2D eigenvalue weighted by atomic mass is 16.3. The van der Waals surface area contributed by atoms with Gasteiger partial charge in [0.2, 0.25) is 5.91 Å². The summed E-state index contributed by atoms with van der Waals surface area (Å²) in [4.78, 5) is 16.4. The molecular formula is C20H29N3O2. The standard InChI is InChI=1S/C20H29N3O2/c1-14(2)22-10-9-20(11-22)12-23(13-20)16-5-3-15(4-6-16)17-7-8-18(24)21-19(17)25/h3-6,14,17,19,25H,7-13H2,1-2H3,(H,21,24). The number of piperidine rings is 1. The van der Waals surface area contributed by atoms with Gasteiger partial charge in [-0.15, -0.1) is 0 Å². The van der Waals surface area contributed by atoms with E-state index in [9.17, 15) is 9.90 Å². The van der Waals surface area contributed by atoms with Crippen LogP contribution in [0.15, 0.2) is 24.3 Å². The summed E-state index contributed by atoms with van der Waals surface area (Å²) in [7, 11) is 0. The topological polar surface area (TPSA) is 55.8 Å². The molecule has 0 radical (unpaired) electrons. The van der Waals surface area contributed by atoms with Gasteiger partial charge in [-0.25, -0.2) is 0 Å². The zero-order valence-electron chi connectivity index (χ0n) is 15.2. The van der Waals surface area contributed by atoms with Crippen molar-refractivity contribution in [3.63, 3.8) is 0 Å². The molecule has 25 heavy (non-hydrogen) atoms. The zero-order chi connectivity index (χ0) is 17.6. The van der Waals surface area contributed by atoms with Crippen molar-refractivity contribution >= 4 is 11.6 Å². The third-order valence-electron chi connectivity index (χ3n) is 6.31. The number of nitrogens with one attached hydrogen (secondary N) is 1. The van der Waals surface area contributed by atoms with Crippen LogP contribution >= 0.6 is 0 Å². The summed E-state index contributed by atoms with van der Waals surface area (Å²) in [6.45, 7) is 9.34. The van der Waals surface area contributed by atoms with E-state index in [0.717, 1.165) is 18.7 Å². The second-order valence-corrected chi connectivity index (χ2v) is 8.42. The van der Waals surface area contributed by atoms with Crippen LogP contribution in [0.4, 0.5) is 5.69 Å². The molecule has 3 heterocycles. The number of anilines is 1. The first-order valence-corrected chi connectivity index (χ1v) is 9.52. The van der Waals surface area contributed by atoms with E-state index in [1.807, 2.05) is 0 Å².